The van der Waals surface area contributed by atoms with Gasteiger partial charge in [-0.25, -0.2) is 8.42 Å². The summed E-state index contributed by atoms with van der Waals surface area (Å²) in [5.74, 6) is 0.804. The molecule has 1 saturated carbocycles. The maximum atomic E-state index is 12.8. The van der Waals surface area contributed by atoms with E-state index in [4.69, 9.17) is 0 Å². The summed E-state index contributed by atoms with van der Waals surface area (Å²) in [5, 5.41) is 3.12. The molecule has 1 aliphatic carbocycles. The number of amides is 1. The predicted molar refractivity (Wildman–Crippen MR) is 101 cm³/mol. The fourth-order valence-corrected chi connectivity index (χ4v) is 4.81. The zero-order valence-corrected chi connectivity index (χ0v) is 16.3. The number of hydrogen-bond donors (Lipinski definition) is 2. The van der Waals surface area contributed by atoms with Crippen molar-refractivity contribution in [2.75, 3.05) is 0 Å². The van der Waals surface area contributed by atoms with Crippen LogP contribution in [0.25, 0.3) is 0 Å². The molecule has 2 N–H and O–H groups in total. The predicted octanol–water partition coefficient (Wildman–Crippen LogP) is 2.44. The molecule has 0 aromatic heterocycles. The Labute approximate surface area is 155 Å². The fourth-order valence-electron chi connectivity index (χ4n) is 3.57. The monoisotopic (exact) mass is 377 g/mol. The summed E-state index contributed by atoms with van der Waals surface area (Å²) in [6.45, 7) is 6.09. The molecule has 0 unspecified atom stereocenters. The number of carbonyl (C=O) groups excluding carboxylic acids is 1. The summed E-state index contributed by atoms with van der Waals surface area (Å²) in [6.07, 6.45) is 4.23. The van der Waals surface area contributed by atoms with Gasteiger partial charge in [-0.2, -0.15) is 0 Å². The number of hydrogen-bond acceptors (Lipinski definition) is 4. The van der Waals surface area contributed by atoms with Crippen LogP contribution in [-0.2, 0) is 14.8 Å². The third kappa shape index (κ3) is 3.92. The molecule has 142 valence electrons. The lowest BCUT2D eigenvalue weighted by atomic mass is 9.87. The van der Waals surface area contributed by atoms with E-state index in [9.17, 15) is 13.2 Å². The summed E-state index contributed by atoms with van der Waals surface area (Å²) in [6, 6.07) is 6.27. The van der Waals surface area contributed by atoms with E-state index >= 15 is 0 Å². The van der Waals surface area contributed by atoms with Gasteiger partial charge in [0, 0.05) is 11.6 Å². The molecule has 0 bridgehead atoms. The molecule has 26 heavy (non-hydrogen) atoms. The van der Waals surface area contributed by atoms with Crippen molar-refractivity contribution in [2.45, 2.75) is 63.4 Å². The molecule has 1 aromatic rings. The van der Waals surface area contributed by atoms with Crippen LogP contribution in [0.3, 0.4) is 0 Å². The Kier molecular flexibility index (Phi) is 5.37. The fraction of sp³-hybridized carbons (Fsp3) is 0.579. The molecule has 1 fully saturated rings. The third-order valence-electron chi connectivity index (χ3n) is 5.19. The van der Waals surface area contributed by atoms with Gasteiger partial charge < -0.3 is 5.32 Å². The molecule has 0 saturated heterocycles. The van der Waals surface area contributed by atoms with Gasteiger partial charge >= 0.3 is 0 Å². The molecule has 1 atom stereocenters. The second kappa shape index (κ2) is 7.39. The summed E-state index contributed by atoms with van der Waals surface area (Å²) < 4.78 is 27.0. The van der Waals surface area contributed by atoms with Gasteiger partial charge in [0.15, 0.2) is 0 Å². The molecule has 1 aliphatic heterocycles. The van der Waals surface area contributed by atoms with Crippen molar-refractivity contribution in [3.63, 3.8) is 0 Å². The second-order valence-corrected chi connectivity index (χ2v) is 9.38. The molecule has 0 spiro atoms. The SMILES string of the molecule is CC1CCC(NC(=O)[C@@H](N=C2NS(=O)(=O)c3ccccc32)C(C)C)CC1. The number of fused-ring (bicyclic) bond motifs is 1. The average molecular weight is 378 g/mol. The Morgan fingerprint density at radius 2 is 1.85 bits per heavy atom. The van der Waals surface area contributed by atoms with Crippen molar-refractivity contribution in [1.29, 1.82) is 0 Å². The van der Waals surface area contributed by atoms with Gasteiger partial charge in [-0.3, -0.25) is 14.5 Å². The van der Waals surface area contributed by atoms with Crippen LogP contribution in [0.2, 0.25) is 0 Å². The minimum Gasteiger partial charge on any atom is -0.352 e. The van der Waals surface area contributed by atoms with Crippen LogP contribution < -0.4 is 10.0 Å². The average Bonchev–Trinajstić information content (AvgIpc) is 2.85. The number of benzene rings is 1. The highest BCUT2D eigenvalue weighted by Gasteiger charge is 2.33. The van der Waals surface area contributed by atoms with Gasteiger partial charge in [0.05, 0.1) is 4.90 Å². The highest BCUT2D eigenvalue weighted by atomic mass is 32.2. The van der Waals surface area contributed by atoms with Crippen molar-refractivity contribution in [2.24, 2.45) is 16.8 Å². The molecular formula is C19H27N3O3S. The summed E-state index contributed by atoms with van der Waals surface area (Å²) >= 11 is 0. The molecule has 2 aliphatic rings. The first kappa shape index (κ1) is 18.9. The van der Waals surface area contributed by atoms with E-state index in [0.717, 1.165) is 25.7 Å². The van der Waals surface area contributed by atoms with Crippen molar-refractivity contribution in [1.82, 2.24) is 10.0 Å². The van der Waals surface area contributed by atoms with Gasteiger partial charge in [0.25, 0.3) is 10.0 Å². The largest absolute Gasteiger partial charge is 0.352 e. The van der Waals surface area contributed by atoms with Gasteiger partial charge in [-0.1, -0.05) is 32.9 Å². The minimum absolute atomic E-state index is 0.0396. The lowest BCUT2D eigenvalue weighted by molar-refractivity contribution is -0.124. The van der Waals surface area contributed by atoms with Crippen molar-refractivity contribution < 1.29 is 13.2 Å². The smallest absolute Gasteiger partial charge is 0.263 e. The van der Waals surface area contributed by atoms with E-state index in [0.29, 0.717) is 11.5 Å². The van der Waals surface area contributed by atoms with Crippen molar-refractivity contribution >= 4 is 21.8 Å². The van der Waals surface area contributed by atoms with Gasteiger partial charge in [-0.05, 0) is 49.7 Å². The Balaban J connectivity index is 1.81. The second-order valence-electron chi connectivity index (χ2n) is 7.73. The number of carbonyl (C=O) groups is 1. The van der Waals surface area contributed by atoms with E-state index in [1.807, 2.05) is 13.8 Å². The molecule has 1 amide bonds. The van der Waals surface area contributed by atoms with Crippen molar-refractivity contribution in [3.8, 4) is 0 Å². The van der Waals surface area contributed by atoms with E-state index in [2.05, 4.69) is 22.0 Å². The van der Waals surface area contributed by atoms with Crippen LogP contribution in [-0.4, -0.2) is 32.2 Å². The zero-order valence-electron chi connectivity index (χ0n) is 15.5. The quantitative estimate of drug-likeness (QED) is 0.845. The third-order valence-corrected chi connectivity index (χ3v) is 6.59. The van der Waals surface area contributed by atoms with E-state index in [1.54, 1.807) is 24.3 Å². The summed E-state index contributed by atoms with van der Waals surface area (Å²) in [4.78, 5) is 17.5. The number of aliphatic imine (C=N–C) groups is 1. The van der Waals surface area contributed by atoms with E-state index in [-0.39, 0.29) is 28.6 Å². The molecule has 3 rings (SSSR count). The lowest BCUT2D eigenvalue weighted by Crippen LogP contribution is -2.44. The number of nitrogens with one attached hydrogen (secondary N) is 2. The molecular weight excluding hydrogens is 350 g/mol. The maximum absolute atomic E-state index is 12.8. The van der Waals surface area contributed by atoms with Crippen LogP contribution in [0.1, 0.15) is 52.0 Å². The van der Waals surface area contributed by atoms with Crippen LogP contribution in [0.15, 0.2) is 34.2 Å². The standard InChI is InChI=1S/C19H27N3O3S/c1-12(2)17(19(23)20-14-10-8-13(3)9-11-14)21-18-15-6-4-5-7-16(15)26(24,25)22-18/h4-7,12-14,17H,8-11H2,1-3H3,(H,20,23)(H,21,22)/t13?,14?,17-/m0/s1. The molecule has 0 radical (unpaired) electrons. The number of sulfonamides is 1. The normalized spacial score (nSPS) is 27.0. The summed E-state index contributed by atoms with van der Waals surface area (Å²) in [5.41, 5.74) is 0.525. The van der Waals surface area contributed by atoms with Crippen molar-refractivity contribution in [3.05, 3.63) is 29.8 Å². The van der Waals surface area contributed by atoms with Crippen LogP contribution in [0.5, 0.6) is 0 Å². The molecule has 6 nitrogen and oxygen atoms in total. The Morgan fingerprint density at radius 1 is 1.19 bits per heavy atom. The van der Waals surface area contributed by atoms with E-state index in [1.165, 1.54) is 0 Å². The lowest BCUT2D eigenvalue weighted by Gasteiger charge is -2.28. The highest BCUT2D eigenvalue weighted by Crippen LogP contribution is 2.25. The van der Waals surface area contributed by atoms with Gasteiger partial charge in [0.2, 0.25) is 5.91 Å². The Hall–Kier alpha value is -1.89. The van der Waals surface area contributed by atoms with Crippen LogP contribution in [0.4, 0.5) is 0 Å². The number of rotatable bonds is 4. The minimum atomic E-state index is -3.60. The number of nitrogens with zero attached hydrogens (tertiary/aromatic N) is 1. The first-order chi connectivity index (χ1) is 12.3. The summed E-state index contributed by atoms with van der Waals surface area (Å²) in [7, 11) is -3.60. The molecule has 1 aromatic carbocycles. The van der Waals surface area contributed by atoms with Gasteiger partial charge in [-0.15, -0.1) is 0 Å². The van der Waals surface area contributed by atoms with Crippen LogP contribution in [0, 0.1) is 11.8 Å². The molecule has 1 heterocycles. The first-order valence-corrected chi connectivity index (χ1v) is 10.8. The number of amidine groups is 1. The van der Waals surface area contributed by atoms with E-state index < -0.39 is 16.1 Å². The topological polar surface area (TPSA) is 87.6 Å². The zero-order chi connectivity index (χ0) is 18.9. The van der Waals surface area contributed by atoms with Gasteiger partial charge in [0.1, 0.15) is 11.9 Å². The maximum Gasteiger partial charge on any atom is 0.263 e. The highest BCUT2D eigenvalue weighted by molar-refractivity contribution is 7.90. The Morgan fingerprint density at radius 3 is 2.50 bits per heavy atom. The molecule has 7 heteroatoms. The van der Waals surface area contributed by atoms with Crippen LogP contribution >= 0.6 is 0 Å². The Bertz CT molecular complexity index is 809. The first-order valence-electron chi connectivity index (χ1n) is 9.28.